The van der Waals surface area contributed by atoms with Gasteiger partial charge in [-0.25, -0.2) is 0 Å². The van der Waals surface area contributed by atoms with Gasteiger partial charge in [0.1, 0.15) is 0 Å². The topological polar surface area (TPSA) is 0 Å². The fourth-order valence-corrected chi connectivity index (χ4v) is 20.3. The SMILES string of the molecule is c1ccc(P(=C2c3ccccc3-c3ccccc32)(c2ccccc2)c2ccccc2)cc1.c1ccc(P(=C2c3ccccc3-c3ccccc32)(c2ccccc2)c2ccccc2)cc1.c1ccccc1.c1ccccc1. The number of benzene rings is 12. The largest absolute Gasteiger partial charge is 0.0623 e. The van der Waals surface area contributed by atoms with E-state index in [1.165, 1.54) is 86.9 Å². The summed E-state index contributed by atoms with van der Waals surface area (Å²) in [5, 5.41) is 11.3. The zero-order valence-electron chi connectivity index (χ0n) is 42.4. The average molecular weight is 1010 g/mol. The first-order chi connectivity index (χ1) is 37.8. The Kier molecular flexibility index (Phi) is 15.4. The molecule has 2 heteroatoms. The van der Waals surface area contributed by atoms with Crippen LogP contribution in [-0.4, -0.2) is 10.6 Å². The maximum absolute atomic E-state index is 2.32. The summed E-state index contributed by atoms with van der Waals surface area (Å²) < 4.78 is 0. The van der Waals surface area contributed by atoms with Crippen molar-refractivity contribution >= 4 is 56.2 Å². The van der Waals surface area contributed by atoms with E-state index in [0.717, 1.165) is 0 Å². The number of hydrogen-bond donors (Lipinski definition) is 0. The standard InChI is InChI=1S/2C31H23P.2C6H6/c2*1-4-14-24(15-5-1)32(25-16-6-2-7-17-25,26-18-8-3-9-19-26)31-29-22-12-10-20-27(29)28-21-11-13-23-30(28)31;2*1-2-4-6-5-3-1/h2*1-23H;2*1-6H. The second kappa shape index (κ2) is 23.6. The summed E-state index contributed by atoms with van der Waals surface area (Å²) in [6, 6.07) is 127. The summed E-state index contributed by atoms with van der Waals surface area (Å²) in [5.74, 6) is 0. The quantitative estimate of drug-likeness (QED) is 0.146. The summed E-state index contributed by atoms with van der Waals surface area (Å²) in [5.41, 5.74) is 10.8. The second-order valence-electron chi connectivity index (χ2n) is 18.5. The van der Waals surface area contributed by atoms with Gasteiger partial charge in [0.2, 0.25) is 0 Å². The van der Waals surface area contributed by atoms with Crippen molar-refractivity contribution < 1.29 is 0 Å². The minimum absolute atomic E-state index is 1.34. The molecule has 0 aliphatic heterocycles. The lowest BCUT2D eigenvalue weighted by molar-refractivity contribution is 1.65. The molecule has 0 unspecified atom stereocenters. The van der Waals surface area contributed by atoms with E-state index in [1.54, 1.807) is 0 Å². The van der Waals surface area contributed by atoms with E-state index in [1.807, 2.05) is 72.8 Å². The Morgan fingerprint density at radius 1 is 0.118 bits per heavy atom. The van der Waals surface area contributed by atoms with Gasteiger partial charge in [-0.05, 0) is 90.1 Å². The smallest absolute Gasteiger partial charge is 0.000234 e. The van der Waals surface area contributed by atoms with E-state index in [-0.39, 0.29) is 0 Å². The Hall–Kier alpha value is -8.76. The van der Waals surface area contributed by atoms with Crippen molar-refractivity contribution in [3.63, 3.8) is 0 Å². The van der Waals surface area contributed by atoms with Crippen molar-refractivity contribution in [1.29, 1.82) is 0 Å². The lowest BCUT2D eigenvalue weighted by Gasteiger charge is -2.32. The highest BCUT2D eigenvalue weighted by Gasteiger charge is 2.37. The Morgan fingerprint density at radius 2 is 0.237 bits per heavy atom. The highest BCUT2D eigenvalue weighted by Crippen LogP contribution is 2.55. The van der Waals surface area contributed by atoms with E-state index in [9.17, 15) is 0 Å². The molecule has 14 rings (SSSR count). The second-order valence-corrected chi connectivity index (χ2v) is 25.2. The van der Waals surface area contributed by atoms with Crippen LogP contribution in [0.25, 0.3) is 22.3 Å². The van der Waals surface area contributed by atoms with Crippen LogP contribution in [0.5, 0.6) is 0 Å². The van der Waals surface area contributed by atoms with Gasteiger partial charge in [-0.15, -0.1) is 0 Å². The molecule has 12 aromatic rings. The molecule has 0 saturated heterocycles. The molecule has 0 amide bonds. The zero-order valence-corrected chi connectivity index (χ0v) is 44.2. The van der Waals surface area contributed by atoms with Crippen LogP contribution in [0.3, 0.4) is 0 Å². The third-order valence-electron chi connectivity index (χ3n) is 14.2. The Bertz CT molecular complexity index is 3280. The van der Waals surface area contributed by atoms with Crippen molar-refractivity contribution in [1.82, 2.24) is 0 Å². The fraction of sp³-hybridized carbons (Fsp3) is 0. The van der Waals surface area contributed by atoms with Crippen LogP contribution in [0.1, 0.15) is 22.3 Å². The van der Waals surface area contributed by atoms with Crippen molar-refractivity contribution in [2.24, 2.45) is 0 Å². The summed E-state index contributed by atoms with van der Waals surface area (Å²) >= 11 is 0. The summed E-state index contributed by atoms with van der Waals surface area (Å²) in [4.78, 5) is 0. The highest BCUT2D eigenvalue weighted by atomic mass is 31.2. The minimum atomic E-state index is -2.15. The van der Waals surface area contributed by atoms with Gasteiger partial charge in [-0.3, -0.25) is 0 Å². The van der Waals surface area contributed by atoms with Crippen LogP contribution in [0.2, 0.25) is 0 Å². The Balaban J connectivity index is 0.000000133. The van der Waals surface area contributed by atoms with E-state index in [4.69, 9.17) is 0 Å². The molecule has 0 heterocycles. The molecule has 0 spiro atoms. The molecule has 12 aromatic carbocycles. The maximum atomic E-state index is 2.32. The first kappa shape index (κ1) is 49.5. The number of fused-ring (bicyclic) bond motifs is 6. The first-order valence-electron chi connectivity index (χ1n) is 26.1. The van der Waals surface area contributed by atoms with Crippen molar-refractivity contribution in [2.45, 2.75) is 0 Å². The highest BCUT2D eigenvalue weighted by molar-refractivity contribution is 7.96. The van der Waals surface area contributed by atoms with Crippen molar-refractivity contribution in [3.05, 3.63) is 374 Å². The zero-order chi connectivity index (χ0) is 51.2. The van der Waals surface area contributed by atoms with E-state index in [0.29, 0.717) is 0 Å². The predicted octanol–water partition coefficient (Wildman–Crippen LogP) is 15.8. The van der Waals surface area contributed by atoms with E-state index >= 15 is 0 Å². The van der Waals surface area contributed by atoms with Gasteiger partial charge >= 0.3 is 0 Å². The molecule has 2 aliphatic carbocycles. The lowest BCUT2D eigenvalue weighted by Crippen LogP contribution is -2.30. The molecule has 364 valence electrons. The van der Waals surface area contributed by atoms with Crippen LogP contribution >= 0.6 is 13.8 Å². The molecule has 0 fully saturated rings. The molecular weight excluding hydrogens is 951 g/mol. The van der Waals surface area contributed by atoms with Crippen molar-refractivity contribution in [2.75, 3.05) is 0 Å². The number of hydrogen-bond acceptors (Lipinski definition) is 0. The van der Waals surface area contributed by atoms with Gasteiger partial charge < -0.3 is 0 Å². The normalized spacial score (nSPS) is 11.6. The van der Waals surface area contributed by atoms with Gasteiger partial charge in [0.15, 0.2) is 0 Å². The van der Waals surface area contributed by atoms with Crippen LogP contribution in [0, 0.1) is 0 Å². The lowest BCUT2D eigenvalue weighted by atomic mass is 10.1. The first-order valence-corrected chi connectivity index (χ1v) is 29.6. The van der Waals surface area contributed by atoms with Crippen LogP contribution in [-0.2, 0) is 0 Å². The molecule has 2 aliphatic rings. The van der Waals surface area contributed by atoms with Crippen molar-refractivity contribution in [3.8, 4) is 22.3 Å². The third-order valence-corrected chi connectivity index (χ3v) is 22.9. The van der Waals surface area contributed by atoms with Gasteiger partial charge in [0.05, 0.1) is 0 Å². The fourth-order valence-electron chi connectivity index (χ4n) is 11.1. The molecular formula is C74H58P2. The summed E-state index contributed by atoms with van der Waals surface area (Å²) in [6.45, 7) is -4.30. The molecule has 0 atom stereocenters. The van der Waals surface area contributed by atoms with Gasteiger partial charge in [-0.1, -0.05) is 352 Å². The van der Waals surface area contributed by atoms with Gasteiger partial charge in [0, 0.05) is 10.6 Å². The number of rotatable bonds is 6. The van der Waals surface area contributed by atoms with Crippen LogP contribution in [0.4, 0.5) is 0 Å². The van der Waals surface area contributed by atoms with Crippen LogP contribution in [0.15, 0.2) is 352 Å². The summed E-state index contributed by atoms with van der Waals surface area (Å²) in [7, 11) is 0. The van der Waals surface area contributed by atoms with Gasteiger partial charge in [-0.2, -0.15) is 0 Å². The predicted molar refractivity (Wildman–Crippen MR) is 333 cm³/mol. The Labute approximate surface area is 449 Å². The maximum Gasteiger partial charge on any atom is 0.000234 e. The Morgan fingerprint density at radius 3 is 0.395 bits per heavy atom. The van der Waals surface area contributed by atoms with E-state index in [2.05, 4.69) is 279 Å². The van der Waals surface area contributed by atoms with Gasteiger partial charge in [0.25, 0.3) is 0 Å². The molecule has 0 bridgehead atoms. The molecule has 0 aromatic heterocycles. The molecule has 0 saturated carbocycles. The van der Waals surface area contributed by atoms with Crippen LogP contribution < -0.4 is 31.8 Å². The molecule has 76 heavy (non-hydrogen) atoms. The molecule has 0 nitrogen and oxygen atoms in total. The third kappa shape index (κ3) is 9.63. The minimum Gasteiger partial charge on any atom is -0.0623 e. The van der Waals surface area contributed by atoms with E-state index < -0.39 is 13.8 Å². The summed E-state index contributed by atoms with van der Waals surface area (Å²) in [6.07, 6.45) is 0. The molecule has 0 radical (unpaired) electrons. The monoisotopic (exact) mass is 1010 g/mol. The average Bonchev–Trinajstić information content (AvgIpc) is 4.07. The molecule has 0 N–H and O–H groups in total.